The fraction of sp³-hybridized carbons (Fsp3) is 0.350. The molecule has 0 fully saturated rings. The zero-order valence-electron chi connectivity index (χ0n) is 14.3. The van der Waals surface area contributed by atoms with Gasteiger partial charge >= 0.3 is 5.97 Å². The molecule has 132 valence electrons. The van der Waals surface area contributed by atoms with Crippen LogP contribution in [0.5, 0.6) is 11.5 Å². The van der Waals surface area contributed by atoms with Crippen LogP contribution in [0.3, 0.4) is 0 Å². The predicted octanol–water partition coefficient (Wildman–Crippen LogP) is 3.02. The summed E-state index contributed by atoms with van der Waals surface area (Å²) < 4.78 is 10.7. The van der Waals surface area contributed by atoms with Crippen molar-refractivity contribution in [3.05, 3.63) is 59.7 Å². The third kappa shape index (κ3) is 4.73. The van der Waals surface area contributed by atoms with Gasteiger partial charge in [0.2, 0.25) is 6.79 Å². The van der Waals surface area contributed by atoms with E-state index in [1.54, 1.807) is 0 Å². The van der Waals surface area contributed by atoms with Gasteiger partial charge in [0.05, 0.1) is 0 Å². The second-order valence-corrected chi connectivity index (χ2v) is 6.37. The molecule has 2 aromatic carbocycles. The number of carboxylic acids is 1. The molecule has 3 rings (SSSR count). The molecule has 0 aromatic heterocycles. The highest BCUT2D eigenvalue weighted by Gasteiger charge is 2.20. The van der Waals surface area contributed by atoms with Crippen molar-refractivity contribution in [1.82, 2.24) is 5.32 Å². The van der Waals surface area contributed by atoms with E-state index < -0.39 is 12.0 Å². The van der Waals surface area contributed by atoms with Gasteiger partial charge in [-0.15, -0.1) is 0 Å². The number of rotatable bonds is 8. The maximum atomic E-state index is 11.5. The van der Waals surface area contributed by atoms with Gasteiger partial charge in [0.1, 0.15) is 6.04 Å². The summed E-state index contributed by atoms with van der Waals surface area (Å²) in [5.74, 6) is 0.744. The van der Waals surface area contributed by atoms with Gasteiger partial charge in [0.25, 0.3) is 0 Å². The number of ether oxygens (including phenoxy) is 2. The van der Waals surface area contributed by atoms with Crippen LogP contribution in [0.25, 0.3) is 0 Å². The van der Waals surface area contributed by atoms with Gasteiger partial charge in [-0.2, -0.15) is 0 Å². The van der Waals surface area contributed by atoms with Gasteiger partial charge in [-0.3, -0.25) is 4.79 Å². The van der Waals surface area contributed by atoms with Crippen LogP contribution in [-0.2, 0) is 17.6 Å². The van der Waals surface area contributed by atoms with Crippen molar-refractivity contribution in [2.45, 2.75) is 38.3 Å². The van der Waals surface area contributed by atoms with Gasteiger partial charge < -0.3 is 19.9 Å². The van der Waals surface area contributed by atoms with Crippen LogP contribution in [0.1, 0.15) is 24.5 Å². The van der Waals surface area contributed by atoms with Crippen molar-refractivity contribution in [2.75, 3.05) is 6.79 Å². The average molecular weight is 341 g/mol. The Hall–Kier alpha value is -2.53. The van der Waals surface area contributed by atoms with E-state index >= 15 is 0 Å². The third-order valence-electron chi connectivity index (χ3n) is 4.37. The Balaban J connectivity index is 1.53. The van der Waals surface area contributed by atoms with Crippen LogP contribution in [0.15, 0.2) is 48.5 Å². The normalized spacial score (nSPS) is 14.9. The highest BCUT2D eigenvalue weighted by atomic mass is 16.7. The molecular formula is C20H23NO4. The Labute approximate surface area is 147 Å². The molecule has 5 heteroatoms. The van der Waals surface area contributed by atoms with Crippen LogP contribution in [-0.4, -0.2) is 30.0 Å². The van der Waals surface area contributed by atoms with E-state index in [-0.39, 0.29) is 12.8 Å². The van der Waals surface area contributed by atoms with Crippen molar-refractivity contribution in [1.29, 1.82) is 0 Å². The van der Waals surface area contributed by atoms with Crippen LogP contribution in [0.2, 0.25) is 0 Å². The Kier molecular flexibility index (Phi) is 5.56. The molecule has 2 atom stereocenters. The monoisotopic (exact) mass is 341 g/mol. The van der Waals surface area contributed by atoms with Gasteiger partial charge in [0.15, 0.2) is 11.5 Å². The number of aliphatic carboxylic acids is 1. The highest BCUT2D eigenvalue weighted by Crippen LogP contribution is 2.32. The summed E-state index contributed by atoms with van der Waals surface area (Å²) in [7, 11) is 0. The van der Waals surface area contributed by atoms with Crippen LogP contribution >= 0.6 is 0 Å². The molecular weight excluding hydrogens is 318 g/mol. The fourth-order valence-corrected chi connectivity index (χ4v) is 2.97. The minimum absolute atomic E-state index is 0.0928. The van der Waals surface area contributed by atoms with E-state index in [9.17, 15) is 9.90 Å². The zero-order valence-corrected chi connectivity index (χ0v) is 14.3. The standard InChI is InChI=1S/C20H23NO4/c1-14(7-8-16-9-10-18-19(12-16)25-13-24-18)21-17(20(22)23)11-15-5-3-2-4-6-15/h2-6,9-10,12,14,17,21H,7-8,11,13H2,1H3,(H,22,23)/t14?,17-/m1/s1. The molecule has 1 aliphatic rings. The first-order chi connectivity index (χ1) is 12.1. The molecule has 5 nitrogen and oxygen atoms in total. The first-order valence-electron chi connectivity index (χ1n) is 8.53. The highest BCUT2D eigenvalue weighted by molar-refractivity contribution is 5.74. The largest absolute Gasteiger partial charge is 0.480 e. The summed E-state index contributed by atoms with van der Waals surface area (Å²) in [6.45, 7) is 2.30. The summed E-state index contributed by atoms with van der Waals surface area (Å²) in [4.78, 5) is 11.5. The molecule has 0 aliphatic carbocycles. The number of carbonyl (C=O) groups is 1. The molecule has 1 aliphatic heterocycles. The molecule has 0 amide bonds. The van der Waals surface area contributed by atoms with Crippen molar-refractivity contribution < 1.29 is 19.4 Å². The topological polar surface area (TPSA) is 67.8 Å². The van der Waals surface area contributed by atoms with E-state index in [1.165, 1.54) is 0 Å². The zero-order chi connectivity index (χ0) is 17.6. The lowest BCUT2D eigenvalue weighted by Gasteiger charge is -2.20. The van der Waals surface area contributed by atoms with Crippen LogP contribution in [0, 0.1) is 0 Å². The Morgan fingerprint density at radius 2 is 1.88 bits per heavy atom. The van der Waals surface area contributed by atoms with Crippen molar-refractivity contribution >= 4 is 5.97 Å². The summed E-state index contributed by atoms with van der Waals surface area (Å²) >= 11 is 0. The molecule has 2 aromatic rings. The Bertz CT molecular complexity index is 717. The molecule has 2 N–H and O–H groups in total. The van der Waals surface area contributed by atoms with Crippen molar-refractivity contribution in [3.63, 3.8) is 0 Å². The third-order valence-corrected chi connectivity index (χ3v) is 4.37. The molecule has 0 radical (unpaired) electrons. The van der Waals surface area contributed by atoms with Crippen LogP contribution in [0.4, 0.5) is 0 Å². The van der Waals surface area contributed by atoms with E-state index in [1.807, 2.05) is 55.5 Å². The molecule has 0 spiro atoms. The number of nitrogens with one attached hydrogen (secondary N) is 1. The number of hydrogen-bond donors (Lipinski definition) is 2. The summed E-state index contributed by atoms with van der Waals surface area (Å²) in [6.07, 6.45) is 2.17. The minimum Gasteiger partial charge on any atom is -0.480 e. The lowest BCUT2D eigenvalue weighted by molar-refractivity contribution is -0.139. The molecule has 1 unspecified atom stereocenters. The van der Waals surface area contributed by atoms with Gasteiger partial charge in [0, 0.05) is 6.04 Å². The second kappa shape index (κ2) is 8.03. The number of aryl methyl sites for hydroxylation is 1. The predicted molar refractivity (Wildman–Crippen MR) is 95.1 cm³/mol. The lowest BCUT2D eigenvalue weighted by Crippen LogP contribution is -2.43. The summed E-state index contributed by atoms with van der Waals surface area (Å²) in [6, 6.07) is 15.1. The maximum Gasteiger partial charge on any atom is 0.321 e. The lowest BCUT2D eigenvalue weighted by atomic mass is 10.0. The van der Waals surface area contributed by atoms with E-state index in [4.69, 9.17) is 9.47 Å². The van der Waals surface area contributed by atoms with Gasteiger partial charge in [-0.25, -0.2) is 0 Å². The molecule has 0 saturated carbocycles. The van der Waals surface area contributed by atoms with Gasteiger partial charge in [-0.05, 0) is 49.4 Å². The quantitative estimate of drug-likeness (QED) is 0.772. The molecule has 0 bridgehead atoms. The SMILES string of the molecule is CC(CCc1ccc2c(c1)OCO2)N[C@H](Cc1ccccc1)C(=O)O. The van der Waals surface area contributed by atoms with E-state index in [0.29, 0.717) is 6.42 Å². The van der Waals surface area contributed by atoms with E-state index in [2.05, 4.69) is 5.32 Å². The van der Waals surface area contributed by atoms with Gasteiger partial charge in [-0.1, -0.05) is 36.4 Å². The smallest absolute Gasteiger partial charge is 0.321 e. The maximum absolute atomic E-state index is 11.5. The average Bonchev–Trinajstić information content (AvgIpc) is 3.08. The number of hydrogen-bond acceptors (Lipinski definition) is 4. The summed E-state index contributed by atoms with van der Waals surface area (Å²) in [5.41, 5.74) is 2.18. The molecule has 1 heterocycles. The summed E-state index contributed by atoms with van der Waals surface area (Å²) in [5, 5.41) is 12.7. The first-order valence-corrected chi connectivity index (χ1v) is 8.53. The fourth-order valence-electron chi connectivity index (χ4n) is 2.97. The van der Waals surface area contributed by atoms with Crippen molar-refractivity contribution in [3.8, 4) is 11.5 Å². The van der Waals surface area contributed by atoms with Crippen LogP contribution < -0.4 is 14.8 Å². The number of benzene rings is 2. The molecule has 25 heavy (non-hydrogen) atoms. The Morgan fingerprint density at radius 1 is 1.12 bits per heavy atom. The van der Waals surface area contributed by atoms with E-state index in [0.717, 1.165) is 35.5 Å². The number of carboxylic acid groups (broad SMARTS) is 1. The first kappa shape index (κ1) is 17.3. The second-order valence-electron chi connectivity index (χ2n) is 6.37. The Morgan fingerprint density at radius 3 is 2.64 bits per heavy atom. The number of fused-ring (bicyclic) bond motifs is 1. The van der Waals surface area contributed by atoms with Crippen molar-refractivity contribution in [2.24, 2.45) is 0 Å². The molecule has 0 saturated heterocycles. The minimum atomic E-state index is -0.821.